The Kier molecular flexibility index (Phi) is 3.79. The van der Waals surface area contributed by atoms with Crippen molar-refractivity contribution in [2.45, 2.75) is 26.4 Å². The summed E-state index contributed by atoms with van der Waals surface area (Å²) in [4.78, 5) is 12.2. The molecule has 0 spiro atoms. The quantitative estimate of drug-likeness (QED) is 0.873. The van der Waals surface area contributed by atoms with Crippen molar-refractivity contribution in [3.05, 3.63) is 42.1 Å². The number of carbonyl (C=O) groups excluding carboxylic acids is 1. The number of para-hydroxylation sites is 1. The molecule has 0 saturated carbocycles. The Morgan fingerprint density at radius 3 is 2.55 bits per heavy atom. The van der Waals surface area contributed by atoms with Gasteiger partial charge < -0.3 is 10.1 Å². The molecule has 1 aromatic carbocycles. The maximum atomic E-state index is 12.2. The van der Waals surface area contributed by atoms with Gasteiger partial charge in [-0.15, -0.1) is 0 Å². The molecule has 106 valence electrons. The molecule has 0 bridgehead atoms. The molecule has 0 aliphatic heterocycles. The smallest absolute Gasteiger partial charge is 0.340 e. The summed E-state index contributed by atoms with van der Waals surface area (Å²) in [6.07, 6.45) is 1.83. The Hall–Kier alpha value is -2.30. The van der Waals surface area contributed by atoms with Crippen LogP contribution in [0.2, 0.25) is 0 Å². The summed E-state index contributed by atoms with van der Waals surface area (Å²) in [5.74, 6) is 0.333. The van der Waals surface area contributed by atoms with E-state index >= 15 is 0 Å². The van der Waals surface area contributed by atoms with Gasteiger partial charge in [-0.2, -0.15) is 5.10 Å². The Bertz CT molecular complexity index is 612. The molecule has 0 aliphatic carbocycles. The van der Waals surface area contributed by atoms with Crippen LogP contribution in [0.15, 0.2) is 36.5 Å². The number of anilines is 2. The number of nitrogens with zero attached hydrogens (tertiary/aromatic N) is 2. The van der Waals surface area contributed by atoms with Gasteiger partial charge in [-0.1, -0.05) is 12.1 Å². The maximum Gasteiger partial charge on any atom is 0.340 e. The van der Waals surface area contributed by atoms with Gasteiger partial charge in [0, 0.05) is 19.3 Å². The number of carbonyl (C=O) groups is 1. The molecule has 0 unspecified atom stereocenters. The maximum absolute atomic E-state index is 12.2. The van der Waals surface area contributed by atoms with Crippen molar-refractivity contribution in [3.63, 3.8) is 0 Å². The number of ether oxygens (including phenoxy) is 1. The Labute approximate surface area is 118 Å². The van der Waals surface area contributed by atoms with Crippen molar-refractivity contribution < 1.29 is 9.53 Å². The van der Waals surface area contributed by atoms with E-state index in [1.165, 1.54) is 0 Å². The number of aromatic nitrogens is 2. The van der Waals surface area contributed by atoms with E-state index in [4.69, 9.17) is 4.74 Å². The number of benzene rings is 1. The zero-order valence-electron chi connectivity index (χ0n) is 12.2. The van der Waals surface area contributed by atoms with Crippen LogP contribution in [0.25, 0.3) is 0 Å². The van der Waals surface area contributed by atoms with Gasteiger partial charge in [0.05, 0.1) is 11.3 Å². The summed E-state index contributed by atoms with van der Waals surface area (Å²) in [7, 11) is 1.84. The highest BCUT2D eigenvalue weighted by Gasteiger charge is 2.20. The van der Waals surface area contributed by atoms with Crippen molar-refractivity contribution in [2.24, 2.45) is 7.05 Å². The minimum absolute atomic E-state index is 0.350. The Balaban J connectivity index is 2.24. The summed E-state index contributed by atoms with van der Waals surface area (Å²) in [5.41, 5.74) is 0.656. The summed E-state index contributed by atoms with van der Waals surface area (Å²) in [6, 6.07) is 9.07. The minimum Gasteiger partial charge on any atom is -0.456 e. The lowest BCUT2D eigenvalue weighted by Crippen LogP contribution is -2.24. The number of nitrogens with one attached hydrogen (secondary N) is 1. The number of aryl methyl sites for hydroxylation is 1. The van der Waals surface area contributed by atoms with Gasteiger partial charge >= 0.3 is 5.97 Å². The first-order valence-electron chi connectivity index (χ1n) is 6.44. The number of hydrogen-bond donors (Lipinski definition) is 1. The van der Waals surface area contributed by atoms with Crippen LogP contribution >= 0.6 is 0 Å². The first-order chi connectivity index (χ1) is 9.35. The molecule has 0 aliphatic rings. The molecular formula is C15H19N3O2. The van der Waals surface area contributed by atoms with Gasteiger partial charge in [0.25, 0.3) is 0 Å². The zero-order chi connectivity index (χ0) is 14.8. The zero-order valence-corrected chi connectivity index (χ0v) is 12.2. The van der Waals surface area contributed by atoms with E-state index in [9.17, 15) is 4.79 Å². The van der Waals surface area contributed by atoms with Gasteiger partial charge in [-0.05, 0) is 32.9 Å². The Morgan fingerprint density at radius 2 is 1.95 bits per heavy atom. The fraction of sp³-hybridized carbons (Fsp3) is 0.333. The SMILES string of the molecule is Cn1ccc(Nc2ccccc2C(=O)OC(C)(C)C)n1. The molecule has 0 saturated heterocycles. The normalized spacial score (nSPS) is 11.2. The molecule has 20 heavy (non-hydrogen) atoms. The molecule has 2 rings (SSSR count). The van der Waals surface area contributed by atoms with Gasteiger partial charge in [0.15, 0.2) is 5.82 Å². The van der Waals surface area contributed by atoms with Crippen molar-refractivity contribution in [1.29, 1.82) is 0 Å². The van der Waals surface area contributed by atoms with Crippen LogP contribution in [0.4, 0.5) is 11.5 Å². The third kappa shape index (κ3) is 3.60. The highest BCUT2D eigenvalue weighted by molar-refractivity contribution is 5.96. The average molecular weight is 273 g/mol. The predicted octanol–water partition coefficient (Wildman–Crippen LogP) is 3.12. The van der Waals surface area contributed by atoms with Crippen LogP contribution in [0.5, 0.6) is 0 Å². The number of esters is 1. The summed E-state index contributed by atoms with van der Waals surface area (Å²) >= 11 is 0. The molecule has 5 heteroatoms. The van der Waals surface area contributed by atoms with Crippen LogP contribution in [0.1, 0.15) is 31.1 Å². The third-order valence-electron chi connectivity index (χ3n) is 2.52. The molecule has 5 nitrogen and oxygen atoms in total. The topological polar surface area (TPSA) is 56.2 Å². The van der Waals surface area contributed by atoms with Crippen LogP contribution in [-0.2, 0) is 11.8 Å². The van der Waals surface area contributed by atoms with E-state index in [-0.39, 0.29) is 5.97 Å². The summed E-state index contributed by atoms with van der Waals surface area (Å²) < 4.78 is 7.10. The highest BCUT2D eigenvalue weighted by Crippen LogP contribution is 2.22. The Morgan fingerprint density at radius 1 is 1.25 bits per heavy atom. The van der Waals surface area contributed by atoms with Gasteiger partial charge in [-0.25, -0.2) is 4.79 Å². The molecule has 0 atom stereocenters. The predicted molar refractivity (Wildman–Crippen MR) is 78.1 cm³/mol. The van der Waals surface area contributed by atoms with Crippen LogP contribution < -0.4 is 5.32 Å². The lowest BCUT2D eigenvalue weighted by molar-refractivity contribution is 0.00708. The lowest BCUT2D eigenvalue weighted by atomic mass is 10.1. The van der Waals surface area contributed by atoms with E-state index < -0.39 is 5.60 Å². The average Bonchev–Trinajstić information content (AvgIpc) is 2.73. The minimum atomic E-state index is -0.519. The molecule has 0 fully saturated rings. The molecule has 0 amide bonds. The second-order valence-corrected chi connectivity index (χ2v) is 5.55. The molecule has 1 aromatic heterocycles. The standard InChI is InChI=1S/C15H19N3O2/c1-15(2,3)20-14(19)11-7-5-6-8-12(11)16-13-9-10-18(4)17-13/h5-10H,1-4H3,(H,16,17). The van der Waals surface area contributed by atoms with Crippen LogP contribution in [0, 0.1) is 0 Å². The molecule has 1 heterocycles. The monoisotopic (exact) mass is 273 g/mol. The van der Waals surface area contributed by atoms with Crippen LogP contribution in [0.3, 0.4) is 0 Å². The lowest BCUT2D eigenvalue weighted by Gasteiger charge is -2.20. The van der Waals surface area contributed by atoms with Crippen molar-refractivity contribution in [1.82, 2.24) is 9.78 Å². The summed E-state index contributed by atoms with van der Waals surface area (Å²) in [6.45, 7) is 5.54. The molecular weight excluding hydrogens is 254 g/mol. The number of rotatable bonds is 3. The van der Waals surface area contributed by atoms with Crippen molar-refractivity contribution in [2.75, 3.05) is 5.32 Å². The third-order valence-corrected chi connectivity index (χ3v) is 2.52. The second kappa shape index (κ2) is 5.36. The van der Waals surface area contributed by atoms with Gasteiger partial charge in [0.1, 0.15) is 5.60 Å². The van der Waals surface area contributed by atoms with Crippen LogP contribution in [-0.4, -0.2) is 21.4 Å². The van der Waals surface area contributed by atoms with Gasteiger partial charge in [-0.3, -0.25) is 4.68 Å². The number of hydrogen-bond acceptors (Lipinski definition) is 4. The fourth-order valence-corrected chi connectivity index (χ4v) is 1.72. The highest BCUT2D eigenvalue weighted by atomic mass is 16.6. The van der Waals surface area contributed by atoms with E-state index in [1.54, 1.807) is 10.7 Å². The van der Waals surface area contributed by atoms with E-state index in [1.807, 2.05) is 58.3 Å². The fourth-order valence-electron chi connectivity index (χ4n) is 1.72. The first-order valence-corrected chi connectivity index (χ1v) is 6.44. The molecule has 1 N–H and O–H groups in total. The van der Waals surface area contributed by atoms with E-state index in [0.29, 0.717) is 17.1 Å². The van der Waals surface area contributed by atoms with Crippen molar-refractivity contribution >= 4 is 17.5 Å². The van der Waals surface area contributed by atoms with Gasteiger partial charge in [0.2, 0.25) is 0 Å². The van der Waals surface area contributed by atoms with E-state index in [0.717, 1.165) is 0 Å². The first kappa shape index (κ1) is 14.1. The molecule has 2 aromatic rings. The second-order valence-electron chi connectivity index (χ2n) is 5.55. The van der Waals surface area contributed by atoms with E-state index in [2.05, 4.69) is 10.4 Å². The van der Waals surface area contributed by atoms with Crippen molar-refractivity contribution in [3.8, 4) is 0 Å². The molecule has 0 radical (unpaired) electrons. The largest absolute Gasteiger partial charge is 0.456 e. The summed E-state index contributed by atoms with van der Waals surface area (Å²) in [5, 5.41) is 7.36.